The van der Waals surface area contributed by atoms with Crippen LogP contribution in [0.3, 0.4) is 0 Å². The van der Waals surface area contributed by atoms with Crippen molar-refractivity contribution in [3.63, 3.8) is 0 Å². The number of rotatable bonds is 3. The Labute approximate surface area is 92.9 Å². The van der Waals surface area contributed by atoms with Crippen molar-refractivity contribution in [2.75, 3.05) is 0 Å². The molecule has 0 radical (unpaired) electrons. The predicted molar refractivity (Wildman–Crippen MR) is 58.3 cm³/mol. The van der Waals surface area contributed by atoms with Crippen molar-refractivity contribution in [2.45, 2.75) is 19.6 Å². The normalized spacial score (nSPS) is 12.7. The van der Waals surface area contributed by atoms with E-state index in [1.807, 2.05) is 24.3 Å². The summed E-state index contributed by atoms with van der Waals surface area (Å²) in [6.45, 7) is 1.91. The van der Waals surface area contributed by atoms with E-state index in [2.05, 4.69) is 10.1 Å². The molecule has 0 aliphatic carbocycles. The third kappa shape index (κ3) is 1.95. The molecule has 84 valence electrons. The predicted octanol–water partition coefficient (Wildman–Crippen LogP) is 1.25. The molecule has 5 nitrogen and oxygen atoms in total. The fourth-order valence-corrected chi connectivity index (χ4v) is 1.51. The molecule has 1 unspecified atom stereocenters. The minimum Gasteiger partial charge on any atom is -0.389 e. The first kappa shape index (κ1) is 10.8. The Morgan fingerprint density at radius 2 is 2.19 bits per heavy atom. The summed E-state index contributed by atoms with van der Waals surface area (Å²) in [5.41, 5.74) is 6.93. The molecule has 0 aliphatic heterocycles. The van der Waals surface area contributed by atoms with Gasteiger partial charge in [0.1, 0.15) is 0 Å². The molecule has 0 fully saturated rings. The molecule has 16 heavy (non-hydrogen) atoms. The standard InChI is InChI=1S/C11H13N3O2/c1-7(15)8-4-2-3-5-9(8)11-13-10(6-12)16-14-11/h2-5,7,15H,6,12H2,1H3. The third-order valence-corrected chi connectivity index (χ3v) is 2.29. The van der Waals surface area contributed by atoms with Crippen molar-refractivity contribution >= 4 is 0 Å². The lowest BCUT2D eigenvalue weighted by Crippen LogP contribution is -1.97. The van der Waals surface area contributed by atoms with Gasteiger partial charge in [0, 0.05) is 5.56 Å². The van der Waals surface area contributed by atoms with Gasteiger partial charge in [-0.3, -0.25) is 0 Å². The second-order valence-electron chi connectivity index (χ2n) is 3.48. The molecule has 2 rings (SSSR count). The summed E-state index contributed by atoms with van der Waals surface area (Å²) in [7, 11) is 0. The van der Waals surface area contributed by atoms with Gasteiger partial charge in [0.25, 0.3) is 0 Å². The fraction of sp³-hybridized carbons (Fsp3) is 0.273. The van der Waals surface area contributed by atoms with Crippen molar-refractivity contribution in [3.8, 4) is 11.4 Å². The van der Waals surface area contributed by atoms with Crippen LogP contribution >= 0.6 is 0 Å². The van der Waals surface area contributed by atoms with Gasteiger partial charge in [0.15, 0.2) is 0 Å². The maximum Gasteiger partial charge on any atom is 0.240 e. The number of nitrogens with two attached hydrogens (primary N) is 1. The van der Waals surface area contributed by atoms with Crippen LogP contribution in [0.25, 0.3) is 11.4 Å². The Balaban J connectivity index is 2.46. The van der Waals surface area contributed by atoms with Gasteiger partial charge < -0.3 is 15.4 Å². The minimum atomic E-state index is -0.573. The number of hydrogen-bond donors (Lipinski definition) is 2. The molecule has 3 N–H and O–H groups in total. The number of hydrogen-bond acceptors (Lipinski definition) is 5. The molecule has 1 heterocycles. The first-order valence-electron chi connectivity index (χ1n) is 5.02. The van der Waals surface area contributed by atoms with Gasteiger partial charge in [0.2, 0.25) is 11.7 Å². The molecular weight excluding hydrogens is 206 g/mol. The van der Waals surface area contributed by atoms with E-state index >= 15 is 0 Å². The highest BCUT2D eigenvalue weighted by Gasteiger charge is 2.13. The summed E-state index contributed by atoms with van der Waals surface area (Å²) in [5.74, 6) is 0.840. The van der Waals surface area contributed by atoms with Crippen molar-refractivity contribution in [3.05, 3.63) is 35.7 Å². The van der Waals surface area contributed by atoms with Crippen LogP contribution in [-0.4, -0.2) is 15.2 Å². The van der Waals surface area contributed by atoms with Crippen LogP contribution in [0.5, 0.6) is 0 Å². The first-order valence-corrected chi connectivity index (χ1v) is 5.02. The summed E-state index contributed by atoms with van der Waals surface area (Å²) in [5, 5.41) is 13.4. The Morgan fingerprint density at radius 1 is 1.44 bits per heavy atom. The van der Waals surface area contributed by atoms with E-state index in [4.69, 9.17) is 10.3 Å². The van der Waals surface area contributed by atoms with E-state index in [0.29, 0.717) is 11.7 Å². The summed E-state index contributed by atoms with van der Waals surface area (Å²) in [4.78, 5) is 4.13. The van der Waals surface area contributed by atoms with E-state index < -0.39 is 6.10 Å². The van der Waals surface area contributed by atoms with Gasteiger partial charge in [-0.25, -0.2) is 0 Å². The lowest BCUT2D eigenvalue weighted by molar-refractivity contribution is 0.200. The molecule has 0 aliphatic rings. The Hall–Kier alpha value is -1.72. The maximum atomic E-state index is 9.62. The van der Waals surface area contributed by atoms with Crippen molar-refractivity contribution in [1.29, 1.82) is 0 Å². The van der Waals surface area contributed by atoms with Crippen LogP contribution in [-0.2, 0) is 6.54 Å². The highest BCUT2D eigenvalue weighted by molar-refractivity contribution is 5.60. The summed E-state index contributed by atoms with van der Waals surface area (Å²) < 4.78 is 4.94. The Bertz CT molecular complexity index is 480. The number of aromatic nitrogens is 2. The molecule has 0 amide bonds. The van der Waals surface area contributed by atoms with Crippen LogP contribution in [0, 0.1) is 0 Å². The number of nitrogens with zero attached hydrogens (tertiary/aromatic N) is 2. The molecule has 2 aromatic rings. The topological polar surface area (TPSA) is 85.2 Å². The Kier molecular flexibility index (Phi) is 2.98. The SMILES string of the molecule is CC(O)c1ccccc1-c1noc(CN)n1. The zero-order chi connectivity index (χ0) is 11.5. The molecule has 0 bridgehead atoms. The molecule has 1 aromatic heterocycles. The minimum absolute atomic E-state index is 0.212. The fourth-order valence-electron chi connectivity index (χ4n) is 1.51. The number of benzene rings is 1. The summed E-state index contributed by atoms with van der Waals surface area (Å²) >= 11 is 0. The molecule has 5 heteroatoms. The Morgan fingerprint density at radius 3 is 2.81 bits per heavy atom. The van der Waals surface area contributed by atoms with Gasteiger partial charge in [-0.15, -0.1) is 0 Å². The molecule has 1 atom stereocenters. The maximum absolute atomic E-state index is 9.62. The zero-order valence-corrected chi connectivity index (χ0v) is 8.92. The van der Waals surface area contributed by atoms with E-state index in [1.165, 1.54) is 0 Å². The van der Waals surface area contributed by atoms with Crippen LogP contribution < -0.4 is 5.73 Å². The van der Waals surface area contributed by atoms with E-state index in [0.717, 1.165) is 11.1 Å². The van der Waals surface area contributed by atoms with E-state index in [1.54, 1.807) is 6.92 Å². The highest BCUT2D eigenvalue weighted by Crippen LogP contribution is 2.25. The van der Waals surface area contributed by atoms with Crippen molar-refractivity contribution in [1.82, 2.24) is 10.1 Å². The molecule has 0 saturated heterocycles. The molecule has 0 spiro atoms. The lowest BCUT2D eigenvalue weighted by atomic mass is 10.0. The monoisotopic (exact) mass is 219 g/mol. The van der Waals surface area contributed by atoms with Crippen molar-refractivity contribution < 1.29 is 9.63 Å². The second-order valence-corrected chi connectivity index (χ2v) is 3.48. The molecule has 1 aromatic carbocycles. The van der Waals surface area contributed by atoms with Gasteiger partial charge >= 0.3 is 0 Å². The van der Waals surface area contributed by atoms with Gasteiger partial charge in [-0.2, -0.15) is 4.98 Å². The zero-order valence-electron chi connectivity index (χ0n) is 8.92. The molecule has 0 saturated carbocycles. The third-order valence-electron chi connectivity index (χ3n) is 2.29. The average Bonchev–Trinajstić information content (AvgIpc) is 2.77. The quantitative estimate of drug-likeness (QED) is 0.811. The largest absolute Gasteiger partial charge is 0.389 e. The number of aliphatic hydroxyl groups is 1. The highest BCUT2D eigenvalue weighted by atomic mass is 16.5. The van der Waals surface area contributed by atoms with E-state index in [-0.39, 0.29) is 6.54 Å². The van der Waals surface area contributed by atoms with Gasteiger partial charge in [0.05, 0.1) is 12.6 Å². The van der Waals surface area contributed by atoms with Gasteiger partial charge in [-0.05, 0) is 12.5 Å². The second kappa shape index (κ2) is 4.42. The number of aliphatic hydroxyl groups excluding tert-OH is 1. The first-order chi connectivity index (χ1) is 7.72. The lowest BCUT2D eigenvalue weighted by Gasteiger charge is -2.08. The smallest absolute Gasteiger partial charge is 0.240 e. The summed E-state index contributed by atoms with van der Waals surface area (Å²) in [6, 6.07) is 7.39. The van der Waals surface area contributed by atoms with Crippen LogP contribution in [0.15, 0.2) is 28.8 Å². The van der Waals surface area contributed by atoms with Gasteiger partial charge in [-0.1, -0.05) is 29.4 Å². The van der Waals surface area contributed by atoms with Crippen LogP contribution in [0.2, 0.25) is 0 Å². The van der Waals surface area contributed by atoms with Crippen LogP contribution in [0.4, 0.5) is 0 Å². The van der Waals surface area contributed by atoms with Crippen molar-refractivity contribution in [2.24, 2.45) is 5.73 Å². The van der Waals surface area contributed by atoms with Crippen LogP contribution in [0.1, 0.15) is 24.5 Å². The summed E-state index contributed by atoms with van der Waals surface area (Å²) in [6.07, 6.45) is -0.573. The average molecular weight is 219 g/mol. The molecular formula is C11H13N3O2. The van der Waals surface area contributed by atoms with E-state index in [9.17, 15) is 5.11 Å².